The van der Waals surface area contributed by atoms with Gasteiger partial charge >= 0.3 is 0 Å². The molecule has 0 saturated heterocycles. The Morgan fingerprint density at radius 2 is 1.93 bits per heavy atom. The molecule has 0 amide bonds. The molecule has 0 spiro atoms. The summed E-state index contributed by atoms with van der Waals surface area (Å²) in [6, 6.07) is 14.3. The second-order valence-electron chi connectivity index (χ2n) is 7.09. The molecule has 0 aliphatic carbocycles. The number of non-ortho nitro benzene ring substituents is 1. The maximum atomic E-state index is 10.9. The Morgan fingerprint density at radius 1 is 1.22 bits per heavy atom. The van der Waals surface area contributed by atoms with Crippen LogP contribution in [0.15, 0.2) is 53.6 Å². The molecule has 0 saturated carbocycles. The molecule has 0 aliphatic rings. The average Bonchev–Trinajstić information content (AvgIpc) is 3.00. The largest absolute Gasteiger partial charge is 0.270 e. The first-order valence-electron chi connectivity index (χ1n) is 8.33. The Morgan fingerprint density at radius 3 is 2.56 bits per heavy atom. The number of aromatic nitrogens is 3. The standard InChI is InChI=1S/C19H19N5O2S/c1-19(2,3)15-9-7-14(8-10-15)17-21-22-18(27)23(17)20-12-13-5-4-6-16(11-13)24(25)26/h4-12H,1-3H3,(H,22,27). The number of benzene rings is 2. The van der Waals surface area contributed by atoms with Crippen LogP contribution in [0.1, 0.15) is 31.9 Å². The van der Waals surface area contributed by atoms with Gasteiger partial charge in [-0.05, 0) is 23.2 Å². The molecule has 3 aromatic rings. The van der Waals surface area contributed by atoms with E-state index in [-0.39, 0.29) is 11.1 Å². The van der Waals surface area contributed by atoms with Gasteiger partial charge in [0.05, 0.1) is 11.1 Å². The van der Waals surface area contributed by atoms with Crippen LogP contribution in [0.3, 0.4) is 0 Å². The predicted molar refractivity (Wildman–Crippen MR) is 108 cm³/mol. The molecule has 27 heavy (non-hydrogen) atoms. The molecule has 1 N–H and O–H groups in total. The number of nitro benzene ring substituents is 1. The van der Waals surface area contributed by atoms with Gasteiger partial charge in [-0.15, -0.1) is 0 Å². The number of rotatable bonds is 4. The van der Waals surface area contributed by atoms with Crippen LogP contribution in [0.5, 0.6) is 0 Å². The van der Waals surface area contributed by atoms with E-state index in [2.05, 4.69) is 48.2 Å². The zero-order valence-corrected chi connectivity index (χ0v) is 16.0. The minimum Gasteiger partial charge on any atom is -0.258 e. The molecule has 0 fully saturated rings. The quantitative estimate of drug-likeness (QED) is 0.307. The molecule has 8 heteroatoms. The monoisotopic (exact) mass is 381 g/mol. The fourth-order valence-electron chi connectivity index (χ4n) is 2.55. The second kappa shape index (κ2) is 7.24. The molecule has 0 radical (unpaired) electrons. The fourth-order valence-corrected chi connectivity index (χ4v) is 2.73. The highest BCUT2D eigenvalue weighted by molar-refractivity contribution is 7.71. The van der Waals surface area contributed by atoms with E-state index >= 15 is 0 Å². The van der Waals surface area contributed by atoms with E-state index < -0.39 is 4.92 Å². The van der Waals surface area contributed by atoms with E-state index in [0.29, 0.717) is 16.2 Å². The molecule has 1 heterocycles. The van der Waals surface area contributed by atoms with Crippen molar-refractivity contribution >= 4 is 24.1 Å². The lowest BCUT2D eigenvalue weighted by Gasteiger charge is -2.18. The normalized spacial score (nSPS) is 11.8. The van der Waals surface area contributed by atoms with Crippen LogP contribution >= 0.6 is 12.2 Å². The fraction of sp³-hybridized carbons (Fsp3) is 0.211. The molecule has 1 aromatic heterocycles. The van der Waals surface area contributed by atoms with Crippen molar-refractivity contribution in [2.45, 2.75) is 26.2 Å². The number of nitro groups is 1. The van der Waals surface area contributed by atoms with Gasteiger partial charge in [-0.1, -0.05) is 57.2 Å². The number of hydrogen-bond donors (Lipinski definition) is 1. The van der Waals surface area contributed by atoms with Gasteiger partial charge in [0, 0.05) is 23.3 Å². The molecular formula is C19H19N5O2S. The Hall–Kier alpha value is -3.13. The van der Waals surface area contributed by atoms with Crippen molar-refractivity contribution in [3.05, 3.63) is 74.5 Å². The van der Waals surface area contributed by atoms with Crippen molar-refractivity contribution in [3.63, 3.8) is 0 Å². The van der Waals surface area contributed by atoms with E-state index in [1.165, 1.54) is 28.6 Å². The van der Waals surface area contributed by atoms with Gasteiger partial charge in [-0.25, -0.2) is 5.10 Å². The Bertz CT molecular complexity index is 1060. The molecule has 2 aromatic carbocycles. The van der Waals surface area contributed by atoms with E-state index in [0.717, 1.165) is 5.56 Å². The minimum atomic E-state index is -0.441. The van der Waals surface area contributed by atoms with Crippen LogP contribution in [0, 0.1) is 14.9 Å². The smallest absolute Gasteiger partial charge is 0.258 e. The van der Waals surface area contributed by atoms with Crippen molar-refractivity contribution in [1.29, 1.82) is 0 Å². The summed E-state index contributed by atoms with van der Waals surface area (Å²) in [5, 5.41) is 22.3. The summed E-state index contributed by atoms with van der Waals surface area (Å²) in [4.78, 5) is 10.5. The van der Waals surface area contributed by atoms with Crippen molar-refractivity contribution in [3.8, 4) is 11.4 Å². The zero-order chi connectivity index (χ0) is 19.6. The van der Waals surface area contributed by atoms with Crippen LogP contribution in [-0.4, -0.2) is 26.0 Å². The van der Waals surface area contributed by atoms with Crippen LogP contribution in [0.25, 0.3) is 11.4 Å². The van der Waals surface area contributed by atoms with Crippen LogP contribution < -0.4 is 0 Å². The average molecular weight is 381 g/mol. The third-order valence-corrected chi connectivity index (χ3v) is 4.33. The van der Waals surface area contributed by atoms with Crippen molar-refractivity contribution < 1.29 is 4.92 Å². The topological polar surface area (TPSA) is 89.1 Å². The lowest BCUT2D eigenvalue weighted by molar-refractivity contribution is -0.384. The Balaban J connectivity index is 1.95. The maximum absolute atomic E-state index is 10.9. The lowest BCUT2D eigenvalue weighted by Crippen LogP contribution is -2.10. The lowest BCUT2D eigenvalue weighted by atomic mass is 9.87. The highest BCUT2D eigenvalue weighted by Gasteiger charge is 2.14. The minimum absolute atomic E-state index is 0.00716. The van der Waals surface area contributed by atoms with Gasteiger partial charge in [0.1, 0.15) is 0 Å². The van der Waals surface area contributed by atoms with Crippen molar-refractivity contribution in [2.75, 3.05) is 0 Å². The molecule has 0 atom stereocenters. The molecule has 0 aliphatic heterocycles. The predicted octanol–water partition coefficient (Wildman–Crippen LogP) is 4.70. The zero-order valence-electron chi connectivity index (χ0n) is 15.2. The van der Waals surface area contributed by atoms with Crippen molar-refractivity contribution in [1.82, 2.24) is 14.9 Å². The highest BCUT2D eigenvalue weighted by Crippen LogP contribution is 2.25. The molecule has 0 unspecified atom stereocenters. The van der Waals surface area contributed by atoms with E-state index in [9.17, 15) is 10.1 Å². The molecule has 138 valence electrons. The summed E-state index contributed by atoms with van der Waals surface area (Å²) < 4.78 is 1.84. The number of H-pyrrole nitrogens is 1. The van der Waals surface area contributed by atoms with Gasteiger partial charge in [0.15, 0.2) is 5.82 Å². The first-order valence-corrected chi connectivity index (χ1v) is 8.74. The molecule has 0 bridgehead atoms. The van der Waals surface area contributed by atoms with Gasteiger partial charge in [0.25, 0.3) is 5.69 Å². The van der Waals surface area contributed by atoms with Crippen molar-refractivity contribution in [2.24, 2.45) is 5.10 Å². The highest BCUT2D eigenvalue weighted by atomic mass is 32.1. The third kappa shape index (κ3) is 4.17. The van der Waals surface area contributed by atoms with E-state index in [1.807, 2.05) is 12.1 Å². The number of nitrogens with zero attached hydrogens (tertiary/aromatic N) is 4. The molecular weight excluding hydrogens is 362 g/mol. The van der Waals surface area contributed by atoms with E-state index in [1.54, 1.807) is 12.1 Å². The Labute approximate surface area is 161 Å². The van der Waals surface area contributed by atoms with Crippen LogP contribution in [-0.2, 0) is 5.41 Å². The summed E-state index contributed by atoms with van der Waals surface area (Å²) in [6.07, 6.45) is 1.52. The first kappa shape index (κ1) is 18.7. The number of nitrogens with one attached hydrogen (secondary N) is 1. The second-order valence-corrected chi connectivity index (χ2v) is 7.47. The van der Waals surface area contributed by atoms with E-state index in [4.69, 9.17) is 12.2 Å². The number of hydrogen-bond acceptors (Lipinski definition) is 5. The SMILES string of the molecule is CC(C)(C)c1ccc(-c2n[nH]c(=S)n2N=Cc2cccc([N+](=O)[O-])c2)cc1. The summed E-state index contributed by atoms with van der Waals surface area (Å²) in [5.74, 6) is 0.571. The summed E-state index contributed by atoms with van der Waals surface area (Å²) in [7, 11) is 0. The summed E-state index contributed by atoms with van der Waals surface area (Å²) >= 11 is 5.26. The number of aromatic amines is 1. The summed E-state index contributed by atoms with van der Waals surface area (Å²) in [5.41, 5.74) is 2.75. The van der Waals surface area contributed by atoms with Gasteiger partial charge in [0.2, 0.25) is 4.77 Å². The first-order chi connectivity index (χ1) is 12.8. The van der Waals surface area contributed by atoms with Crippen LogP contribution in [0.2, 0.25) is 0 Å². The van der Waals surface area contributed by atoms with Gasteiger partial charge < -0.3 is 0 Å². The third-order valence-electron chi connectivity index (χ3n) is 4.06. The molecule has 3 rings (SSSR count). The molecule has 7 nitrogen and oxygen atoms in total. The van der Waals surface area contributed by atoms with Crippen LogP contribution in [0.4, 0.5) is 5.69 Å². The summed E-state index contributed by atoms with van der Waals surface area (Å²) in [6.45, 7) is 6.46. The Kier molecular flexibility index (Phi) is 5.00. The maximum Gasteiger partial charge on any atom is 0.270 e. The van der Waals surface area contributed by atoms with Gasteiger partial charge in [-0.2, -0.15) is 14.9 Å². The van der Waals surface area contributed by atoms with Gasteiger partial charge in [-0.3, -0.25) is 10.1 Å².